The summed E-state index contributed by atoms with van der Waals surface area (Å²) in [5.41, 5.74) is 0.899. The number of carbonyl (C=O) groups excluding carboxylic acids is 2. The first kappa shape index (κ1) is 25.6. The monoisotopic (exact) mass is 410 g/mol. The van der Waals surface area contributed by atoms with E-state index < -0.39 is 11.9 Å². The summed E-state index contributed by atoms with van der Waals surface area (Å²) in [6.45, 7) is 2.23. The summed E-state index contributed by atoms with van der Waals surface area (Å²) < 4.78 is 4.81. The maximum absolute atomic E-state index is 11.7. The number of rotatable bonds is 16. The van der Waals surface area contributed by atoms with Crippen LogP contribution >= 0.6 is 0 Å². The summed E-state index contributed by atoms with van der Waals surface area (Å²) in [5.74, 6) is -1.05. The molecule has 1 rings (SSSR count). The zero-order valence-electron chi connectivity index (χ0n) is 18.6. The maximum Gasteiger partial charge on any atom is 0.338 e. The highest BCUT2D eigenvalue weighted by molar-refractivity contribution is 5.94. The van der Waals surface area contributed by atoms with Crippen LogP contribution in [0.3, 0.4) is 0 Å². The van der Waals surface area contributed by atoms with E-state index in [1.165, 1.54) is 44.6 Å². The third-order valence-electron chi connectivity index (χ3n) is 4.76. The number of carbonyl (C=O) groups is 2. The summed E-state index contributed by atoms with van der Waals surface area (Å²) in [4.78, 5) is 23.4. The van der Waals surface area contributed by atoms with Crippen LogP contribution in [-0.2, 0) is 14.3 Å². The van der Waals surface area contributed by atoms with Crippen LogP contribution in [0.2, 0.25) is 0 Å². The van der Waals surface area contributed by atoms with Gasteiger partial charge in [0.1, 0.15) is 0 Å². The molecule has 0 radical (unpaired) electrons. The fourth-order valence-corrected chi connectivity index (χ4v) is 3.01. The molecule has 164 valence electrons. The molecule has 3 heteroatoms. The lowest BCUT2D eigenvalue weighted by Crippen LogP contribution is -2.09. The van der Waals surface area contributed by atoms with Gasteiger partial charge in [0.05, 0.1) is 0 Å². The molecule has 0 saturated heterocycles. The number of allylic oxidation sites excluding steroid dienone is 4. The van der Waals surface area contributed by atoms with Crippen molar-refractivity contribution in [2.75, 3.05) is 0 Å². The van der Waals surface area contributed by atoms with Crippen molar-refractivity contribution in [3.8, 4) is 0 Å². The highest BCUT2D eigenvalue weighted by atomic mass is 16.6. The first-order chi connectivity index (χ1) is 14.7. The Balaban J connectivity index is 1.94. The van der Waals surface area contributed by atoms with Gasteiger partial charge in [-0.2, -0.15) is 0 Å². The van der Waals surface area contributed by atoms with Crippen LogP contribution in [0, 0.1) is 0 Å². The molecule has 0 aliphatic carbocycles. The van der Waals surface area contributed by atoms with Gasteiger partial charge >= 0.3 is 11.9 Å². The molecule has 0 aliphatic heterocycles. The minimum absolute atomic E-state index is 0.301. The fraction of sp³-hybridized carbons (Fsp3) is 0.481. The van der Waals surface area contributed by atoms with Gasteiger partial charge in [-0.05, 0) is 50.2 Å². The average molecular weight is 411 g/mol. The van der Waals surface area contributed by atoms with Gasteiger partial charge in [-0.1, -0.05) is 93.7 Å². The third-order valence-corrected chi connectivity index (χ3v) is 4.76. The Hall–Kier alpha value is -2.42. The number of benzene rings is 1. The Morgan fingerprint density at radius 3 is 2.13 bits per heavy atom. The van der Waals surface area contributed by atoms with Crippen molar-refractivity contribution in [2.45, 2.75) is 84.0 Å². The lowest BCUT2D eigenvalue weighted by atomic mass is 10.1. The molecule has 0 aromatic heterocycles. The molecule has 0 aliphatic rings. The summed E-state index contributed by atoms with van der Waals surface area (Å²) in [7, 11) is 0. The van der Waals surface area contributed by atoms with Gasteiger partial charge in [0.2, 0.25) is 0 Å². The van der Waals surface area contributed by atoms with E-state index in [1.54, 1.807) is 6.08 Å². The Labute approximate surface area is 182 Å². The van der Waals surface area contributed by atoms with E-state index in [0.717, 1.165) is 37.7 Å². The molecule has 0 spiro atoms. The molecule has 0 heterocycles. The quantitative estimate of drug-likeness (QED) is 0.0927. The Morgan fingerprint density at radius 1 is 0.800 bits per heavy atom. The maximum atomic E-state index is 11.7. The molecule has 1 aromatic carbocycles. The highest BCUT2D eigenvalue weighted by Crippen LogP contribution is 2.09. The first-order valence-corrected chi connectivity index (χ1v) is 11.5. The lowest BCUT2D eigenvalue weighted by Gasteiger charge is -2.01. The van der Waals surface area contributed by atoms with Gasteiger partial charge in [0.15, 0.2) is 0 Å². The molecule has 1 aromatic rings. The molecular formula is C27H38O3. The smallest absolute Gasteiger partial charge is 0.338 e. The normalized spacial score (nSPS) is 11.6. The zero-order valence-corrected chi connectivity index (χ0v) is 18.6. The van der Waals surface area contributed by atoms with E-state index in [0.29, 0.717) is 6.42 Å². The van der Waals surface area contributed by atoms with Crippen LogP contribution in [0.4, 0.5) is 0 Å². The average Bonchev–Trinajstić information content (AvgIpc) is 2.75. The molecule has 0 bridgehead atoms. The van der Waals surface area contributed by atoms with Crippen molar-refractivity contribution in [2.24, 2.45) is 0 Å². The number of ether oxygens (including phenoxy) is 1. The van der Waals surface area contributed by atoms with E-state index in [1.807, 2.05) is 30.3 Å². The van der Waals surface area contributed by atoms with E-state index in [2.05, 4.69) is 31.2 Å². The minimum Gasteiger partial charge on any atom is -0.390 e. The zero-order chi connectivity index (χ0) is 21.7. The van der Waals surface area contributed by atoms with Gasteiger partial charge in [-0.3, -0.25) is 4.79 Å². The molecule has 0 fully saturated rings. The summed E-state index contributed by atoms with van der Waals surface area (Å²) in [5, 5.41) is 0. The van der Waals surface area contributed by atoms with E-state index in [4.69, 9.17) is 4.74 Å². The molecule has 0 unspecified atom stereocenters. The van der Waals surface area contributed by atoms with Gasteiger partial charge in [0, 0.05) is 12.5 Å². The Kier molecular flexibility index (Phi) is 15.9. The van der Waals surface area contributed by atoms with Crippen LogP contribution in [-0.4, -0.2) is 11.9 Å². The highest BCUT2D eigenvalue weighted by Gasteiger charge is 2.07. The summed E-state index contributed by atoms with van der Waals surface area (Å²) in [6.07, 6.45) is 24.8. The first-order valence-electron chi connectivity index (χ1n) is 11.5. The number of esters is 2. The predicted octanol–water partition coefficient (Wildman–Crippen LogP) is 7.58. The van der Waals surface area contributed by atoms with Crippen molar-refractivity contribution >= 4 is 18.0 Å². The van der Waals surface area contributed by atoms with Crippen LogP contribution in [0.1, 0.15) is 89.5 Å². The van der Waals surface area contributed by atoms with E-state index >= 15 is 0 Å². The predicted molar refractivity (Wildman–Crippen MR) is 126 cm³/mol. The third kappa shape index (κ3) is 15.5. The lowest BCUT2D eigenvalue weighted by molar-refractivity contribution is -0.156. The van der Waals surface area contributed by atoms with Crippen LogP contribution in [0.5, 0.6) is 0 Å². The standard InChI is InChI=1S/C27H38O3/c1-2-3-4-5-6-7-8-9-10-11-12-13-14-15-19-22-26(28)30-27(29)24-23-25-20-17-16-18-21-25/h6-7,9-10,16-18,20-21,23-24H,2-5,8,11-15,19,22H2,1H3/b7-6-,10-9-,24-23?. The van der Waals surface area contributed by atoms with Crippen LogP contribution in [0.25, 0.3) is 6.08 Å². The largest absolute Gasteiger partial charge is 0.390 e. The van der Waals surface area contributed by atoms with Crippen LogP contribution in [0.15, 0.2) is 60.7 Å². The molecule has 3 nitrogen and oxygen atoms in total. The second kappa shape index (κ2) is 18.6. The Morgan fingerprint density at radius 2 is 1.43 bits per heavy atom. The molecular weight excluding hydrogens is 372 g/mol. The molecule has 30 heavy (non-hydrogen) atoms. The van der Waals surface area contributed by atoms with Crippen LogP contribution < -0.4 is 0 Å². The number of hydrogen-bond acceptors (Lipinski definition) is 3. The molecule has 0 atom stereocenters. The van der Waals surface area contributed by atoms with Gasteiger partial charge in [0.25, 0.3) is 0 Å². The number of hydrogen-bond donors (Lipinski definition) is 0. The van der Waals surface area contributed by atoms with E-state index in [9.17, 15) is 9.59 Å². The second-order valence-electron chi connectivity index (χ2n) is 7.52. The molecule has 0 saturated carbocycles. The summed E-state index contributed by atoms with van der Waals surface area (Å²) in [6, 6.07) is 9.45. The van der Waals surface area contributed by atoms with Crippen molar-refractivity contribution in [3.05, 3.63) is 66.3 Å². The van der Waals surface area contributed by atoms with Gasteiger partial charge in [-0.25, -0.2) is 4.79 Å². The van der Waals surface area contributed by atoms with Gasteiger partial charge < -0.3 is 4.74 Å². The second-order valence-corrected chi connectivity index (χ2v) is 7.52. The minimum atomic E-state index is -0.605. The number of unbranched alkanes of at least 4 members (excludes halogenated alkanes) is 8. The SMILES string of the molecule is CCCCC/C=C\C/C=C\CCCCCCCC(=O)OC(=O)C=Cc1ccccc1. The molecule has 0 N–H and O–H groups in total. The van der Waals surface area contributed by atoms with Crippen molar-refractivity contribution in [1.82, 2.24) is 0 Å². The topological polar surface area (TPSA) is 43.4 Å². The molecule has 0 amide bonds. The van der Waals surface area contributed by atoms with Crippen molar-refractivity contribution < 1.29 is 14.3 Å². The van der Waals surface area contributed by atoms with Crippen molar-refractivity contribution in [1.29, 1.82) is 0 Å². The van der Waals surface area contributed by atoms with Gasteiger partial charge in [-0.15, -0.1) is 0 Å². The Bertz CT molecular complexity index is 656. The fourth-order valence-electron chi connectivity index (χ4n) is 3.01. The summed E-state index contributed by atoms with van der Waals surface area (Å²) >= 11 is 0. The van der Waals surface area contributed by atoms with Crippen molar-refractivity contribution in [3.63, 3.8) is 0 Å². The van der Waals surface area contributed by atoms with E-state index in [-0.39, 0.29) is 0 Å².